The summed E-state index contributed by atoms with van der Waals surface area (Å²) in [5, 5.41) is 0. The van der Waals surface area contributed by atoms with Crippen molar-refractivity contribution in [2.24, 2.45) is 13.0 Å². The Bertz CT molecular complexity index is 1270. The van der Waals surface area contributed by atoms with E-state index in [1.807, 2.05) is 34.5 Å². The molecule has 8 heteroatoms. The highest BCUT2D eigenvalue weighted by molar-refractivity contribution is 5.91. The Kier molecular flexibility index (Phi) is 4.23. The van der Waals surface area contributed by atoms with Crippen LogP contribution in [0.4, 0.5) is 0 Å². The van der Waals surface area contributed by atoms with Crippen molar-refractivity contribution in [3.05, 3.63) is 74.5 Å². The van der Waals surface area contributed by atoms with Gasteiger partial charge in [0, 0.05) is 62.8 Å². The molecule has 2 atom stereocenters. The summed E-state index contributed by atoms with van der Waals surface area (Å²) in [5.41, 5.74) is 1.25. The first-order chi connectivity index (χ1) is 14.4. The van der Waals surface area contributed by atoms with Crippen LogP contribution in [0.3, 0.4) is 0 Å². The number of piperidine rings is 1. The van der Waals surface area contributed by atoms with E-state index in [4.69, 9.17) is 4.42 Å². The number of imidazole rings is 1. The summed E-state index contributed by atoms with van der Waals surface area (Å²) in [7, 11) is 1.87. The second-order valence-corrected chi connectivity index (χ2v) is 8.23. The normalized spacial score (nSPS) is 20.1. The van der Waals surface area contributed by atoms with Gasteiger partial charge in [-0.3, -0.25) is 14.4 Å². The van der Waals surface area contributed by atoms with Crippen molar-refractivity contribution in [1.29, 1.82) is 0 Å². The highest BCUT2D eigenvalue weighted by atomic mass is 16.3. The number of rotatable bonds is 2. The molecule has 1 fully saturated rings. The predicted octanol–water partition coefficient (Wildman–Crippen LogP) is 1.77. The molecule has 2 aliphatic rings. The van der Waals surface area contributed by atoms with Crippen LogP contribution in [-0.4, -0.2) is 38.0 Å². The second kappa shape index (κ2) is 6.83. The molecule has 0 aromatic carbocycles. The van der Waals surface area contributed by atoms with E-state index in [-0.39, 0.29) is 34.5 Å². The van der Waals surface area contributed by atoms with E-state index in [2.05, 4.69) is 4.98 Å². The molecule has 3 aromatic heterocycles. The first kappa shape index (κ1) is 18.6. The molecule has 2 aliphatic heterocycles. The quantitative estimate of drug-likeness (QED) is 0.647. The number of likely N-dealkylation sites (tertiary alicyclic amines) is 1. The molecule has 2 bridgehead atoms. The van der Waals surface area contributed by atoms with Gasteiger partial charge in [-0.1, -0.05) is 0 Å². The van der Waals surface area contributed by atoms with E-state index >= 15 is 0 Å². The minimum Gasteiger partial charge on any atom is -0.456 e. The number of hydrogen-bond acceptors (Lipinski definition) is 5. The van der Waals surface area contributed by atoms with Gasteiger partial charge in [0.25, 0.3) is 11.5 Å². The number of nitrogens with zero attached hydrogens (tertiary/aromatic N) is 4. The number of pyridine rings is 1. The van der Waals surface area contributed by atoms with Crippen LogP contribution in [0.25, 0.3) is 11.4 Å². The van der Waals surface area contributed by atoms with Crippen molar-refractivity contribution in [1.82, 2.24) is 19.0 Å². The molecule has 0 N–H and O–H groups in total. The maximum absolute atomic E-state index is 13.2. The van der Waals surface area contributed by atoms with E-state index in [1.54, 1.807) is 18.0 Å². The van der Waals surface area contributed by atoms with Gasteiger partial charge in [-0.25, -0.2) is 4.98 Å². The van der Waals surface area contributed by atoms with Gasteiger partial charge in [0.15, 0.2) is 11.2 Å². The molecule has 0 saturated carbocycles. The molecule has 30 heavy (non-hydrogen) atoms. The van der Waals surface area contributed by atoms with Gasteiger partial charge in [0.05, 0.1) is 5.56 Å². The lowest BCUT2D eigenvalue weighted by Gasteiger charge is -2.42. The average Bonchev–Trinajstić information content (AvgIpc) is 3.13. The first-order valence-corrected chi connectivity index (χ1v) is 10.0. The molecular weight excluding hydrogens is 384 g/mol. The molecule has 0 spiro atoms. The monoisotopic (exact) mass is 406 g/mol. The molecule has 154 valence electrons. The summed E-state index contributed by atoms with van der Waals surface area (Å²) in [6.07, 6.45) is 4.43. The average molecular weight is 406 g/mol. The Morgan fingerprint density at radius 1 is 1.17 bits per heavy atom. The minimum atomic E-state index is -0.272. The number of carbonyl (C=O) groups is 1. The Morgan fingerprint density at radius 2 is 2.00 bits per heavy atom. The third kappa shape index (κ3) is 2.99. The third-order valence-electron chi connectivity index (χ3n) is 6.05. The van der Waals surface area contributed by atoms with Crippen molar-refractivity contribution in [2.45, 2.75) is 25.8 Å². The fraction of sp³-hybridized carbons (Fsp3) is 0.364. The highest BCUT2D eigenvalue weighted by Gasteiger charge is 2.37. The van der Waals surface area contributed by atoms with Gasteiger partial charge >= 0.3 is 0 Å². The van der Waals surface area contributed by atoms with Gasteiger partial charge in [0.1, 0.15) is 11.6 Å². The van der Waals surface area contributed by atoms with Crippen LogP contribution < -0.4 is 11.0 Å². The summed E-state index contributed by atoms with van der Waals surface area (Å²) < 4.78 is 9.18. The lowest BCUT2D eigenvalue weighted by Crippen LogP contribution is -2.49. The van der Waals surface area contributed by atoms with Gasteiger partial charge in [0.2, 0.25) is 0 Å². The van der Waals surface area contributed by atoms with Crippen LogP contribution >= 0.6 is 0 Å². The number of fused-ring (bicyclic) bond motifs is 4. The molecule has 0 radical (unpaired) electrons. The maximum Gasteiger partial charge on any atom is 0.289 e. The van der Waals surface area contributed by atoms with Crippen LogP contribution in [0.2, 0.25) is 0 Å². The number of amides is 1. The summed E-state index contributed by atoms with van der Waals surface area (Å²) in [4.78, 5) is 44.0. The first-order valence-electron chi connectivity index (χ1n) is 10.0. The van der Waals surface area contributed by atoms with E-state index in [0.29, 0.717) is 36.8 Å². The zero-order valence-corrected chi connectivity index (χ0v) is 16.9. The Balaban J connectivity index is 1.47. The van der Waals surface area contributed by atoms with Crippen LogP contribution in [0.5, 0.6) is 0 Å². The number of aryl methyl sites for hydroxylation is 2. The van der Waals surface area contributed by atoms with Crippen LogP contribution in [0.15, 0.2) is 50.7 Å². The molecule has 5 heterocycles. The van der Waals surface area contributed by atoms with Crippen molar-refractivity contribution in [3.63, 3.8) is 0 Å². The second-order valence-electron chi connectivity index (χ2n) is 8.23. The molecule has 3 aromatic rings. The van der Waals surface area contributed by atoms with Crippen molar-refractivity contribution >= 4 is 5.91 Å². The fourth-order valence-electron chi connectivity index (χ4n) is 4.77. The molecular formula is C22H22N4O4. The van der Waals surface area contributed by atoms with Crippen molar-refractivity contribution in [3.8, 4) is 11.4 Å². The van der Waals surface area contributed by atoms with Crippen LogP contribution in [-0.2, 0) is 13.6 Å². The van der Waals surface area contributed by atoms with E-state index in [9.17, 15) is 14.4 Å². The predicted molar refractivity (Wildman–Crippen MR) is 109 cm³/mol. The molecule has 0 aliphatic carbocycles. The summed E-state index contributed by atoms with van der Waals surface area (Å²) in [6.45, 7) is 3.25. The molecule has 8 nitrogen and oxygen atoms in total. The minimum absolute atomic E-state index is 0.0408. The molecule has 1 amide bonds. The number of aromatic nitrogens is 3. The Hall–Kier alpha value is -3.42. The standard InChI is InChI=1S/C22H22N4O4/c1-13-7-16(27)9-19(30-13)22(29)25-10-14-8-15(12-25)18-4-3-17(21(28)26(18)11-14)20-23-5-6-24(20)2/h3-7,9,14-15H,8,10-12H2,1-2H3/t14-,15+/m0/s1. The summed E-state index contributed by atoms with van der Waals surface area (Å²) >= 11 is 0. The summed E-state index contributed by atoms with van der Waals surface area (Å²) in [6, 6.07) is 6.42. The van der Waals surface area contributed by atoms with E-state index in [0.717, 1.165) is 12.1 Å². The van der Waals surface area contributed by atoms with Crippen molar-refractivity contribution < 1.29 is 9.21 Å². The summed E-state index contributed by atoms with van der Waals surface area (Å²) in [5.74, 6) is 1.11. The lowest BCUT2D eigenvalue weighted by molar-refractivity contribution is 0.0559. The third-order valence-corrected chi connectivity index (χ3v) is 6.05. The largest absolute Gasteiger partial charge is 0.456 e. The Labute approximate surface area is 172 Å². The zero-order valence-electron chi connectivity index (χ0n) is 16.9. The number of carbonyl (C=O) groups excluding carboxylic acids is 1. The topological polar surface area (TPSA) is 90.3 Å². The zero-order chi connectivity index (χ0) is 21.0. The van der Waals surface area contributed by atoms with Gasteiger partial charge in [-0.2, -0.15) is 0 Å². The van der Waals surface area contributed by atoms with Crippen molar-refractivity contribution in [2.75, 3.05) is 13.1 Å². The van der Waals surface area contributed by atoms with Gasteiger partial charge < -0.3 is 18.5 Å². The van der Waals surface area contributed by atoms with Crippen LogP contribution in [0.1, 0.15) is 34.3 Å². The highest BCUT2D eigenvalue weighted by Crippen LogP contribution is 2.36. The molecule has 5 rings (SSSR count). The molecule has 1 saturated heterocycles. The van der Waals surface area contributed by atoms with Crippen LogP contribution in [0, 0.1) is 12.8 Å². The fourth-order valence-corrected chi connectivity index (χ4v) is 4.77. The lowest BCUT2D eigenvalue weighted by atomic mass is 9.83. The SMILES string of the molecule is Cc1cc(=O)cc(C(=O)N2C[C@@H]3C[C@H](C2)c2ccc(-c4nccn4C)c(=O)n2C3)o1. The Morgan fingerprint density at radius 3 is 2.73 bits per heavy atom. The molecule has 0 unspecified atom stereocenters. The number of hydrogen-bond donors (Lipinski definition) is 0. The smallest absolute Gasteiger partial charge is 0.289 e. The van der Waals surface area contributed by atoms with E-state index in [1.165, 1.54) is 12.1 Å². The maximum atomic E-state index is 13.2. The van der Waals surface area contributed by atoms with Gasteiger partial charge in [-0.05, 0) is 31.4 Å². The van der Waals surface area contributed by atoms with E-state index < -0.39 is 0 Å². The van der Waals surface area contributed by atoms with Gasteiger partial charge in [-0.15, -0.1) is 0 Å².